The van der Waals surface area contributed by atoms with Crippen molar-refractivity contribution in [1.82, 2.24) is 5.32 Å². The lowest BCUT2D eigenvalue weighted by Gasteiger charge is -2.22. The zero-order valence-corrected chi connectivity index (χ0v) is 10.1. The van der Waals surface area contributed by atoms with E-state index in [2.05, 4.69) is 10.6 Å². The average Bonchev–Trinajstić information content (AvgIpc) is 2.38. The van der Waals surface area contributed by atoms with Crippen molar-refractivity contribution in [2.45, 2.75) is 18.9 Å². The van der Waals surface area contributed by atoms with Crippen molar-refractivity contribution >= 4 is 11.6 Å². The molecule has 18 heavy (non-hydrogen) atoms. The highest BCUT2D eigenvalue weighted by Gasteiger charge is 2.14. The number of anilines is 1. The maximum atomic E-state index is 12.9. The van der Waals surface area contributed by atoms with Gasteiger partial charge in [0.2, 0.25) is 5.91 Å². The number of amides is 1. The van der Waals surface area contributed by atoms with E-state index in [1.54, 1.807) is 12.1 Å². The molecule has 1 aliphatic rings. The third-order valence-electron chi connectivity index (χ3n) is 2.88. The van der Waals surface area contributed by atoms with Crippen LogP contribution < -0.4 is 10.6 Å². The second-order valence-electron chi connectivity index (χ2n) is 4.33. The van der Waals surface area contributed by atoms with Gasteiger partial charge >= 0.3 is 0 Å². The van der Waals surface area contributed by atoms with Crippen LogP contribution in [0.1, 0.15) is 12.8 Å². The topological polar surface area (TPSA) is 50.4 Å². The highest BCUT2D eigenvalue weighted by Crippen LogP contribution is 2.09. The first-order valence-corrected chi connectivity index (χ1v) is 6.10. The molecule has 2 N–H and O–H groups in total. The Labute approximate surface area is 106 Å². The van der Waals surface area contributed by atoms with Gasteiger partial charge in [-0.15, -0.1) is 0 Å². The normalized spacial score (nSPS) is 16.5. The molecule has 1 amide bonds. The van der Waals surface area contributed by atoms with Crippen LogP contribution in [0.2, 0.25) is 0 Å². The molecule has 5 heteroatoms. The third-order valence-corrected chi connectivity index (χ3v) is 2.88. The van der Waals surface area contributed by atoms with Crippen LogP contribution in [-0.2, 0) is 9.53 Å². The Morgan fingerprint density at radius 1 is 1.39 bits per heavy atom. The molecule has 0 atom stereocenters. The van der Waals surface area contributed by atoms with Gasteiger partial charge in [-0.3, -0.25) is 4.79 Å². The molecule has 2 rings (SSSR count). The van der Waals surface area contributed by atoms with E-state index in [0.29, 0.717) is 11.7 Å². The van der Waals surface area contributed by atoms with E-state index < -0.39 is 0 Å². The lowest BCUT2D eigenvalue weighted by molar-refractivity contribution is -0.115. The quantitative estimate of drug-likeness (QED) is 0.854. The van der Waals surface area contributed by atoms with E-state index >= 15 is 0 Å². The van der Waals surface area contributed by atoms with Gasteiger partial charge in [0.25, 0.3) is 0 Å². The fourth-order valence-corrected chi connectivity index (χ4v) is 1.91. The number of hydrogen-bond acceptors (Lipinski definition) is 3. The molecule has 1 saturated heterocycles. The van der Waals surface area contributed by atoms with E-state index in [-0.39, 0.29) is 18.3 Å². The van der Waals surface area contributed by atoms with Gasteiger partial charge in [0.1, 0.15) is 5.82 Å². The zero-order valence-electron chi connectivity index (χ0n) is 10.1. The van der Waals surface area contributed by atoms with Crippen molar-refractivity contribution in [1.29, 1.82) is 0 Å². The number of carbonyl (C=O) groups excluding carboxylic acids is 1. The van der Waals surface area contributed by atoms with E-state index in [9.17, 15) is 9.18 Å². The Morgan fingerprint density at radius 3 is 2.89 bits per heavy atom. The number of hydrogen-bond donors (Lipinski definition) is 2. The second kappa shape index (κ2) is 6.47. The highest BCUT2D eigenvalue weighted by molar-refractivity contribution is 5.92. The number of rotatable bonds is 4. The monoisotopic (exact) mass is 252 g/mol. The number of nitrogens with one attached hydrogen (secondary N) is 2. The van der Waals surface area contributed by atoms with Crippen LogP contribution in [0.5, 0.6) is 0 Å². The van der Waals surface area contributed by atoms with Gasteiger partial charge in [0, 0.05) is 24.9 Å². The summed E-state index contributed by atoms with van der Waals surface area (Å²) < 4.78 is 18.1. The molecule has 0 bridgehead atoms. The van der Waals surface area contributed by atoms with Gasteiger partial charge in [0.05, 0.1) is 6.54 Å². The fraction of sp³-hybridized carbons (Fsp3) is 0.462. The summed E-state index contributed by atoms with van der Waals surface area (Å²) in [6.45, 7) is 1.72. The van der Waals surface area contributed by atoms with Crippen LogP contribution in [0, 0.1) is 5.82 Å². The Morgan fingerprint density at radius 2 is 2.17 bits per heavy atom. The summed E-state index contributed by atoms with van der Waals surface area (Å²) in [5, 5.41) is 5.82. The molecule has 0 spiro atoms. The summed E-state index contributed by atoms with van der Waals surface area (Å²) in [5.41, 5.74) is 0.480. The molecule has 0 unspecified atom stereocenters. The van der Waals surface area contributed by atoms with Crippen molar-refractivity contribution < 1.29 is 13.9 Å². The van der Waals surface area contributed by atoms with E-state index in [0.717, 1.165) is 26.1 Å². The minimum absolute atomic E-state index is 0.160. The molecule has 0 aromatic heterocycles. The van der Waals surface area contributed by atoms with Crippen LogP contribution in [0.3, 0.4) is 0 Å². The lowest BCUT2D eigenvalue weighted by Crippen LogP contribution is -2.39. The molecule has 98 valence electrons. The smallest absolute Gasteiger partial charge is 0.238 e. The summed E-state index contributed by atoms with van der Waals surface area (Å²) in [7, 11) is 0. The third kappa shape index (κ3) is 4.09. The number of carbonyl (C=O) groups is 1. The first kappa shape index (κ1) is 13.0. The maximum absolute atomic E-state index is 12.9. The molecule has 1 aliphatic heterocycles. The first-order chi connectivity index (χ1) is 8.74. The predicted molar refractivity (Wildman–Crippen MR) is 66.9 cm³/mol. The lowest BCUT2D eigenvalue weighted by atomic mass is 10.1. The standard InChI is InChI=1S/C13H17FN2O2/c14-10-2-1-3-12(8-10)16-13(17)9-15-11-4-6-18-7-5-11/h1-3,8,11,15H,4-7,9H2,(H,16,17). The van der Waals surface area contributed by atoms with Crippen LogP contribution in [0.15, 0.2) is 24.3 Å². The molecular weight excluding hydrogens is 235 g/mol. The van der Waals surface area contributed by atoms with E-state index in [4.69, 9.17) is 4.74 Å². The highest BCUT2D eigenvalue weighted by atomic mass is 19.1. The van der Waals surface area contributed by atoms with Crippen molar-refractivity contribution in [3.8, 4) is 0 Å². The van der Waals surface area contributed by atoms with Gasteiger partial charge in [-0.25, -0.2) is 4.39 Å². The van der Waals surface area contributed by atoms with Gasteiger partial charge in [-0.05, 0) is 31.0 Å². The fourth-order valence-electron chi connectivity index (χ4n) is 1.91. The molecule has 4 nitrogen and oxygen atoms in total. The van der Waals surface area contributed by atoms with Crippen molar-refractivity contribution in [3.63, 3.8) is 0 Å². The molecule has 1 heterocycles. The van der Waals surface area contributed by atoms with Crippen LogP contribution in [0.25, 0.3) is 0 Å². The van der Waals surface area contributed by atoms with Crippen LogP contribution >= 0.6 is 0 Å². The Hall–Kier alpha value is -1.46. The summed E-state index contributed by atoms with van der Waals surface area (Å²) in [4.78, 5) is 11.6. The zero-order chi connectivity index (χ0) is 12.8. The van der Waals surface area contributed by atoms with E-state index in [1.165, 1.54) is 12.1 Å². The van der Waals surface area contributed by atoms with Crippen LogP contribution in [0.4, 0.5) is 10.1 Å². The molecule has 0 saturated carbocycles. The summed E-state index contributed by atoms with van der Waals surface area (Å²) >= 11 is 0. The van der Waals surface area contributed by atoms with Gasteiger partial charge in [0.15, 0.2) is 0 Å². The predicted octanol–water partition coefficient (Wildman–Crippen LogP) is 1.53. The Balaban J connectivity index is 1.74. The first-order valence-electron chi connectivity index (χ1n) is 6.10. The minimum Gasteiger partial charge on any atom is -0.381 e. The van der Waals surface area contributed by atoms with Crippen molar-refractivity contribution in [3.05, 3.63) is 30.1 Å². The molecule has 0 aliphatic carbocycles. The number of halogens is 1. The van der Waals surface area contributed by atoms with Crippen LogP contribution in [-0.4, -0.2) is 31.7 Å². The van der Waals surface area contributed by atoms with Gasteiger partial charge in [-0.1, -0.05) is 6.07 Å². The summed E-state index contributed by atoms with van der Waals surface area (Å²) in [6, 6.07) is 6.20. The van der Waals surface area contributed by atoms with Crippen molar-refractivity contribution in [2.24, 2.45) is 0 Å². The number of benzene rings is 1. The minimum atomic E-state index is -0.356. The van der Waals surface area contributed by atoms with E-state index in [1.807, 2.05) is 0 Å². The second-order valence-corrected chi connectivity index (χ2v) is 4.33. The molecule has 1 fully saturated rings. The summed E-state index contributed by atoms with van der Waals surface area (Å²) in [6.07, 6.45) is 1.85. The Kier molecular flexibility index (Phi) is 4.66. The van der Waals surface area contributed by atoms with Gasteiger partial charge in [-0.2, -0.15) is 0 Å². The largest absolute Gasteiger partial charge is 0.381 e. The van der Waals surface area contributed by atoms with Crippen molar-refractivity contribution in [2.75, 3.05) is 25.1 Å². The average molecular weight is 252 g/mol. The molecule has 1 aromatic rings. The van der Waals surface area contributed by atoms with Gasteiger partial charge < -0.3 is 15.4 Å². The molecular formula is C13H17FN2O2. The SMILES string of the molecule is O=C(CNC1CCOCC1)Nc1cccc(F)c1. The maximum Gasteiger partial charge on any atom is 0.238 e. The number of ether oxygens (including phenoxy) is 1. The Bertz CT molecular complexity index is 406. The molecule has 0 radical (unpaired) electrons. The summed E-state index contributed by atoms with van der Waals surface area (Å²) in [5.74, 6) is -0.516. The molecule has 1 aromatic carbocycles.